The summed E-state index contributed by atoms with van der Waals surface area (Å²) >= 11 is 0. The Morgan fingerprint density at radius 3 is 1.38 bits per heavy atom. The molecule has 0 fully saturated rings. The molecule has 24 heavy (non-hydrogen) atoms. The van der Waals surface area contributed by atoms with Gasteiger partial charge in [-0.3, -0.25) is 0 Å². The molecule has 0 amide bonds. The number of hydrogen-bond acceptors (Lipinski definition) is 1. The Morgan fingerprint density at radius 1 is 0.792 bits per heavy atom. The van der Waals surface area contributed by atoms with Crippen LogP contribution in [0.15, 0.2) is 0 Å². The Labute approximate surface area is 167 Å². The van der Waals surface area contributed by atoms with Gasteiger partial charge in [0.25, 0.3) is 0 Å². The van der Waals surface area contributed by atoms with Crippen LogP contribution < -0.4 is 0 Å². The monoisotopic (exact) mass is 434 g/mol. The minimum Gasteiger partial charge on any atom is -0.668 e. The summed E-state index contributed by atoms with van der Waals surface area (Å²) in [5, 5.41) is 0.394. The van der Waals surface area contributed by atoms with Crippen molar-refractivity contribution >= 4 is 24.7 Å². The van der Waals surface area contributed by atoms with Crippen LogP contribution in [-0.4, -0.2) is 56.8 Å². The van der Waals surface area contributed by atoms with Crippen LogP contribution in [0.1, 0.15) is 27.2 Å². The summed E-state index contributed by atoms with van der Waals surface area (Å²) in [5.74, 6) is 0. The van der Waals surface area contributed by atoms with Gasteiger partial charge in [-0.1, -0.05) is 109 Å². The van der Waals surface area contributed by atoms with Crippen molar-refractivity contribution < 1.29 is 16.8 Å². The van der Waals surface area contributed by atoms with Gasteiger partial charge in [-0.25, -0.2) is 0 Å². The topological polar surface area (TPSA) is 31.4 Å². The Bertz CT molecular complexity index is 305. The van der Waals surface area contributed by atoms with Crippen molar-refractivity contribution in [1.82, 2.24) is 4.90 Å². The van der Waals surface area contributed by atoms with Crippen LogP contribution in [0, 0.1) is 0 Å². The Morgan fingerprint density at radius 2 is 1.17 bits per heavy atom. The molecule has 0 aromatic rings. The minimum absolute atomic E-state index is 0. The number of nitrogens with zero attached hydrogens (tertiary/aromatic N) is 3. The molecule has 3 nitrogen and oxygen atoms in total. The summed E-state index contributed by atoms with van der Waals surface area (Å²) in [6.07, 6.45) is 1.19. The first kappa shape index (κ1) is 29.8. The molecule has 0 aliphatic rings. The van der Waals surface area contributed by atoms with Crippen LogP contribution in [0.2, 0.25) is 57.4 Å². The third-order valence-electron chi connectivity index (χ3n) is 3.78. The van der Waals surface area contributed by atoms with Crippen molar-refractivity contribution in [1.29, 1.82) is 0 Å². The summed E-state index contributed by atoms with van der Waals surface area (Å²) in [6, 6.07) is 0. The van der Waals surface area contributed by atoms with Crippen molar-refractivity contribution in [3.8, 4) is 0 Å². The van der Waals surface area contributed by atoms with E-state index in [1.807, 2.05) is 0 Å². The van der Waals surface area contributed by atoms with Gasteiger partial charge in [0.15, 0.2) is 0 Å². The molecule has 0 rings (SSSR count). The summed E-state index contributed by atoms with van der Waals surface area (Å²) in [6.45, 7) is 27.6. The average Bonchev–Trinajstić information content (AvgIpc) is 2.18. The Balaban J connectivity index is -0.000000385. The molecule has 0 radical (unpaired) electrons. The van der Waals surface area contributed by atoms with Gasteiger partial charge in [0.2, 0.25) is 0 Å². The largest absolute Gasteiger partial charge is 3.00 e. The fourth-order valence-electron chi connectivity index (χ4n) is 1.99. The smallest absolute Gasteiger partial charge is 0.668 e. The van der Waals surface area contributed by atoms with Gasteiger partial charge < -0.3 is 14.5 Å². The fourth-order valence-corrected chi connectivity index (χ4v) is 11.2. The van der Waals surface area contributed by atoms with Gasteiger partial charge in [0.05, 0.1) is 0 Å². The van der Waals surface area contributed by atoms with E-state index in [1.165, 1.54) is 6.42 Å². The maximum absolute atomic E-state index is 4.91. The SMILES string of the molecule is CN(C)CCC[N-][Si](C)(C)C(C)(C)C.C[Si](C)(C)[N-][Si](C)(C)C.[Co+3]. The van der Waals surface area contributed by atoms with E-state index in [-0.39, 0.29) is 16.8 Å². The molecular weight excluding hydrogens is 389 g/mol. The molecule has 0 N–H and O–H groups in total. The first-order valence-electron chi connectivity index (χ1n) is 8.95. The Kier molecular flexibility index (Phi) is 14.5. The standard InChI is InChI=1S/C11H27N2Si.C6H18NSi2.Co/c1-11(2,3)14(6,7)12-9-8-10-13(4)5;1-8(2,3)7-9(4,5)6;/h8-10H2,1-7H3;1-6H3;/q2*-1;+3. The molecule has 7 heteroatoms. The van der Waals surface area contributed by atoms with Crippen molar-refractivity contribution in [2.24, 2.45) is 0 Å². The fraction of sp³-hybridized carbons (Fsp3) is 1.00. The molecule has 0 unspecified atom stereocenters. The average molecular weight is 435 g/mol. The van der Waals surface area contributed by atoms with Crippen LogP contribution in [0.3, 0.4) is 0 Å². The van der Waals surface area contributed by atoms with Crippen LogP contribution in [-0.2, 0) is 16.8 Å². The minimum atomic E-state index is -1.37. The zero-order chi connectivity index (χ0) is 19.1. The first-order chi connectivity index (χ1) is 9.87. The van der Waals surface area contributed by atoms with E-state index < -0.39 is 24.7 Å². The van der Waals surface area contributed by atoms with Gasteiger partial charge in [-0.05, 0) is 20.6 Å². The van der Waals surface area contributed by atoms with E-state index >= 15 is 0 Å². The number of rotatable bonds is 7. The molecule has 0 atom stereocenters. The van der Waals surface area contributed by atoms with Crippen molar-refractivity contribution in [3.63, 3.8) is 0 Å². The summed E-state index contributed by atoms with van der Waals surface area (Å²) in [4.78, 5) is 7.13. The summed E-state index contributed by atoms with van der Waals surface area (Å²) in [7, 11) is 0.653. The van der Waals surface area contributed by atoms with E-state index in [2.05, 4.69) is 92.1 Å². The third kappa shape index (κ3) is 19.4. The molecule has 0 aliphatic heterocycles. The van der Waals surface area contributed by atoms with Crippen molar-refractivity contribution in [2.45, 2.75) is 84.6 Å². The molecule has 0 aliphatic carbocycles. The van der Waals surface area contributed by atoms with E-state index in [0.717, 1.165) is 13.1 Å². The predicted molar refractivity (Wildman–Crippen MR) is 119 cm³/mol. The van der Waals surface area contributed by atoms with Gasteiger partial charge in [-0.15, -0.1) is 6.54 Å². The summed E-state index contributed by atoms with van der Waals surface area (Å²) < 4.78 is 4.82. The van der Waals surface area contributed by atoms with Gasteiger partial charge >= 0.3 is 16.8 Å². The van der Waals surface area contributed by atoms with Gasteiger partial charge in [0.1, 0.15) is 0 Å². The zero-order valence-electron chi connectivity index (χ0n) is 18.8. The molecule has 0 aromatic heterocycles. The normalized spacial score (nSPS) is 13.2. The summed E-state index contributed by atoms with van der Waals surface area (Å²) in [5.41, 5.74) is 0. The van der Waals surface area contributed by atoms with Gasteiger partial charge in [-0.2, -0.15) is 0 Å². The van der Waals surface area contributed by atoms with Crippen molar-refractivity contribution in [2.75, 3.05) is 27.2 Å². The quantitative estimate of drug-likeness (QED) is 0.339. The molecule has 0 bridgehead atoms. The molecule has 0 saturated heterocycles. The maximum atomic E-state index is 4.91. The van der Waals surface area contributed by atoms with Crippen molar-refractivity contribution in [3.05, 3.63) is 9.63 Å². The molecular formula is C17H45CoN3Si3+. The van der Waals surface area contributed by atoms with Gasteiger partial charge in [0, 0.05) is 0 Å². The predicted octanol–water partition coefficient (Wildman–Crippen LogP) is 6.34. The van der Waals surface area contributed by atoms with Crippen LogP contribution in [0.5, 0.6) is 0 Å². The second-order valence-corrected chi connectivity index (χ2v) is 24.8. The third-order valence-corrected chi connectivity index (χ3v) is 13.8. The molecule has 0 spiro atoms. The van der Waals surface area contributed by atoms with E-state index in [9.17, 15) is 0 Å². The second-order valence-electron chi connectivity index (χ2n) is 10.3. The van der Waals surface area contributed by atoms with E-state index in [1.54, 1.807) is 0 Å². The zero-order valence-corrected chi connectivity index (χ0v) is 22.8. The molecule has 148 valence electrons. The van der Waals surface area contributed by atoms with Crippen LogP contribution >= 0.6 is 0 Å². The van der Waals surface area contributed by atoms with Crippen LogP contribution in [0.25, 0.3) is 9.63 Å². The molecule has 0 heterocycles. The number of hydrogen-bond donors (Lipinski definition) is 0. The van der Waals surface area contributed by atoms with E-state index in [0.29, 0.717) is 5.04 Å². The van der Waals surface area contributed by atoms with Crippen LogP contribution in [0.4, 0.5) is 0 Å². The second kappa shape index (κ2) is 11.7. The van der Waals surface area contributed by atoms with E-state index in [4.69, 9.17) is 9.63 Å². The first-order valence-corrected chi connectivity index (χ1v) is 18.8. The molecule has 0 aromatic carbocycles. The maximum Gasteiger partial charge on any atom is 3.00 e. The Hall–Kier alpha value is 1.04. The molecule has 0 saturated carbocycles.